The Balaban J connectivity index is 1.51. The summed E-state index contributed by atoms with van der Waals surface area (Å²) in [7, 11) is 1.40. The number of nitrogens with zero attached hydrogens (tertiary/aromatic N) is 5. The van der Waals surface area contributed by atoms with E-state index >= 15 is 0 Å². The van der Waals surface area contributed by atoms with E-state index in [1.54, 1.807) is 20.4 Å². The number of hydrogen-bond acceptors (Lipinski definition) is 8. The summed E-state index contributed by atoms with van der Waals surface area (Å²) < 4.78 is 25.7. The Bertz CT molecular complexity index is 1490. The first-order valence-electron chi connectivity index (χ1n) is 14.7. The molecule has 224 valence electrons. The SMILES string of the molecule is COc1cc(OC)cc(N(CCO[Si](C)(C)C(C)(C)C)c2ccc3ncc(-c4ccnn4C4CCCCO4)nc3c2)c1. The molecule has 1 aliphatic heterocycles. The van der Waals surface area contributed by atoms with Gasteiger partial charge in [-0.05, 0) is 61.7 Å². The number of methoxy groups -OCH3 is 2. The second-order valence-corrected chi connectivity index (χ2v) is 17.1. The molecule has 42 heavy (non-hydrogen) atoms. The Morgan fingerprint density at radius 2 is 1.74 bits per heavy atom. The van der Waals surface area contributed by atoms with Crippen LogP contribution in [0.15, 0.2) is 54.9 Å². The summed E-state index contributed by atoms with van der Waals surface area (Å²) >= 11 is 0. The maximum absolute atomic E-state index is 6.59. The molecule has 1 fully saturated rings. The van der Waals surface area contributed by atoms with Crippen LogP contribution in [-0.4, -0.2) is 62.0 Å². The Hall–Kier alpha value is -3.47. The summed E-state index contributed by atoms with van der Waals surface area (Å²) in [6.45, 7) is 13.3. The Morgan fingerprint density at radius 1 is 0.976 bits per heavy atom. The van der Waals surface area contributed by atoms with Crippen LogP contribution in [0.1, 0.15) is 46.3 Å². The van der Waals surface area contributed by atoms with Crippen LogP contribution in [0.3, 0.4) is 0 Å². The van der Waals surface area contributed by atoms with Gasteiger partial charge in [-0.1, -0.05) is 20.8 Å². The molecule has 1 unspecified atom stereocenters. The van der Waals surface area contributed by atoms with Crippen LogP contribution in [0.5, 0.6) is 11.5 Å². The molecule has 1 saturated heterocycles. The van der Waals surface area contributed by atoms with Crippen LogP contribution in [-0.2, 0) is 9.16 Å². The minimum atomic E-state index is -1.93. The van der Waals surface area contributed by atoms with E-state index in [9.17, 15) is 0 Å². The summed E-state index contributed by atoms with van der Waals surface area (Å²) in [4.78, 5) is 12.0. The molecule has 0 aliphatic carbocycles. The van der Waals surface area contributed by atoms with E-state index < -0.39 is 8.32 Å². The number of ether oxygens (including phenoxy) is 3. The molecule has 3 heterocycles. The summed E-state index contributed by atoms with van der Waals surface area (Å²) in [6.07, 6.45) is 6.69. The second kappa shape index (κ2) is 12.4. The first-order chi connectivity index (χ1) is 20.1. The smallest absolute Gasteiger partial charge is 0.192 e. The van der Waals surface area contributed by atoms with E-state index in [4.69, 9.17) is 28.6 Å². The third-order valence-corrected chi connectivity index (χ3v) is 13.0. The van der Waals surface area contributed by atoms with Gasteiger partial charge in [-0.25, -0.2) is 9.67 Å². The van der Waals surface area contributed by atoms with Gasteiger partial charge in [-0.3, -0.25) is 4.98 Å². The lowest BCUT2D eigenvalue weighted by molar-refractivity contribution is -0.0384. The van der Waals surface area contributed by atoms with Crippen molar-refractivity contribution in [3.63, 3.8) is 0 Å². The summed E-state index contributed by atoms with van der Waals surface area (Å²) in [5.74, 6) is 1.45. The summed E-state index contributed by atoms with van der Waals surface area (Å²) in [5, 5.41) is 4.69. The van der Waals surface area contributed by atoms with E-state index in [0.717, 1.165) is 71.2 Å². The van der Waals surface area contributed by atoms with Gasteiger partial charge >= 0.3 is 0 Å². The predicted octanol–water partition coefficient (Wildman–Crippen LogP) is 7.37. The number of anilines is 2. The van der Waals surface area contributed by atoms with Gasteiger partial charge in [0.1, 0.15) is 17.2 Å². The first kappa shape index (κ1) is 30.0. The van der Waals surface area contributed by atoms with Gasteiger partial charge in [0.05, 0.1) is 43.8 Å². The third-order valence-electron chi connectivity index (χ3n) is 8.43. The normalized spacial score (nSPS) is 16.0. The highest BCUT2D eigenvalue weighted by molar-refractivity contribution is 6.74. The third kappa shape index (κ3) is 6.45. The Morgan fingerprint density at radius 3 is 2.40 bits per heavy atom. The maximum atomic E-state index is 6.59. The van der Waals surface area contributed by atoms with Crippen molar-refractivity contribution in [2.45, 2.75) is 64.4 Å². The molecule has 0 saturated carbocycles. The number of rotatable bonds is 10. The minimum absolute atomic E-state index is 0.0768. The van der Waals surface area contributed by atoms with Gasteiger partial charge in [-0.2, -0.15) is 5.10 Å². The Kier molecular flexibility index (Phi) is 8.86. The van der Waals surface area contributed by atoms with Crippen molar-refractivity contribution >= 4 is 30.7 Å². The predicted molar refractivity (Wildman–Crippen MR) is 169 cm³/mol. The van der Waals surface area contributed by atoms with E-state index in [2.05, 4.69) is 56.0 Å². The number of hydrogen-bond donors (Lipinski definition) is 0. The fourth-order valence-corrected chi connectivity index (χ4v) is 5.95. The fourth-order valence-electron chi connectivity index (χ4n) is 4.92. The molecule has 4 aromatic rings. The van der Waals surface area contributed by atoms with Crippen molar-refractivity contribution in [2.24, 2.45) is 0 Å². The lowest BCUT2D eigenvalue weighted by Gasteiger charge is -2.37. The van der Waals surface area contributed by atoms with Crippen LogP contribution >= 0.6 is 0 Å². The number of fused-ring (bicyclic) bond motifs is 1. The van der Waals surface area contributed by atoms with Crippen LogP contribution in [0.25, 0.3) is 22.4 Å². The van der Waals surface area contributed by atoms with Crippen LogP contribution in [0.2, 0.25) is 18.1 Å². The van der Waals surface area contributed by atoms with Crippen molar-refractivity contribution in [3.05, 3.63) is 54.9 Å². The number of aromatic nitrogens is 4. The molecular formula is C32H43N5O4Si. The standard InChI is InChI=1S/C32H43N5O4Si/c1-32(2,3)42(6,7)41-17-15-36(24-18-25(38-4)21-26(19-24)39-5)23-11-12-27-28(20-23)35-29(22-33-27)30-13-14-34-37(30)31-10-8-9-16-40-31/h11-14,18-22,31H,8-10,15-17H2,1-7H3. The van der Waals surface area contributed by atoms with E-state index in [1.807, 2.05) is 41.2 Å². The zero-order valence-corrected chi connectivity index (χ0v) is 26.9. The summed E-state index contributed by atoms with van der Waals surface area (Å²) in [5.41, 5.74) is 5.21. The molecule has 1 atom stereocenters. The van der Waals surface area contributed by atoms with Gasteiger partial charge in [-0.15, -0.1) is 0 Å². The zero-order valence-electron chi connectivity index (χ0n) is 25.9. The molecule has 9 nitrogen and oxygen atoms in total. The molecular weight excluding hydrogens is 546 g/mol. The molecule has 0 bridgehead atoms. The second-order valence-electron chi connectivity index (χ2n) is 12.2. The molecule has 5 rings (SSSR count). The molecule has 0 amide bonds. The average molecular weight is 590 g/mol. The van der Waals surface area contributed by atoms with E-state index in [1.165, 1.54) is 0 Å². The molecule has 0 radical (unpaired) electrons. The largest absolute Gasteiger partial charge is 0.497 e. The zero-order chi connectivity index (χ0) is 29.9. The van der Waals surface area contributed by atoms with Gasteiger partial charge < -0.3 is 23.5 Å². The van der Waals surface area contributed by atoms with Gasteiger partial charge in [0.25, 0.3) is 0 Å². The summed E-state index contributed by atoms with van der Waals surface area (Å²) in [6, 6.07) is 14.1. The van der Waals surface area contributed by atoms with Crippen molar-refractivity contribution < 1.29 is 18.6 Å². The topological polar surface area (TPSA) is 83.8 Å². The molecule has 2 aromatic heterocycles. The molecule has 0 spiro atoms. The number of benzene rings is 2. The monoisotopic (exact) mass is 589 g/mol. The molecule has 2 aromatic carbocycles. The Labute approximate surface area is 249 Å². The highest BCUT2D eigenvalue weighted by Gasteiger charge is 2.37. The van der Waals surface area contributed by atoms with Crippen molar-refractivity contribution in [3.8, 4) is 22.9 Å². The van der Waals surface area contributed by atoms with Crippen molar-refractivity contribution in [1.29, 1.82) is 0 Å². The maximum Gasteiger partial charge on any atom is 0.192 e. The van der Waals surface area contributed by atoms with Gasteiger partial charge in [0.2, 0.25) is 0 Å². The average Bonchev–Trinajstić information content (AvgIpc) is 3.48. The minimum Gasteiger partial charge on any atom is -0.497 e. The lowest BCUT2D eigenvalue weighted by atomic mass is 10.1. The fraction of sp³-hybridized carbons (Fsp3) is 0.469. The van der Waals surface area contributed by atoms with Gasteiger partial charge in [0.15, 0.2) is 14.5 Å². The van der Waals surface area contributed by atoms with Gasteiger partial charge in [0, 0.05) is 48.9 Å². The first-order valence-corrected chi connectivity index (χ1v) is 17.6. The molecule has 10 heteroatoms. The quantitative estimate of drug-likeness (QED) is 0.177. The van der Waals surface area contributed by atoms with Crippen molar-refractivity contribution in [2.75, 3.05) is 38.9 Å². The van der Waals surface area contributed by atoms with Crippen LogP contribution < -0.4 is 14.4 Å². The highest BCUT2D eigenvalue weighted by atomic mass is 28.4. The lowest BCUT2D eigenvalue weighted by Crippen LogP contribution is -2.42. The molecule has 0 N–H and O–H groups in total. The van der Waals surface area contributed by atoms with E-state index in [-0.39, 0.29) is 11.3 Å². The molecule has 1 aliphatic rings. The highest BCUT2D eigenvalue weighted by Crippen LogP contribution is 2.38. The van der Waals surface area contributed by atoms with Crippen molar-refractivity contribution in [1.82, 2.24) is 19.7 Å². The van der Waals surface area contributed by atoms with Crippen LogP contribution in [0.4, 0.5) is 11.4 Å². The van der Waals surface area contributed by atoms with E-state index in [0.29, 0.717) is 13.2 Å². The van der Waals surface area contributed by atoms with Crippen LogP contribution in [0, 0.1) is 0 Å².